The monoisotopic (exact) mass is 395 g/mol. The van der Waals surface area contributed by atoms with E-state index in [9.17, 15) is 9.59 Å². The first-order chi connectivity index (χ1) is 13.6. The van der Waals surface area contributed by atoms with Crippen LogP contribution in [0.1, 0.15) is 12.0 Å². The van der Waals surface area contributed by atoms with E-state index < -0.39 is 0 Å². The largest absolute Gasteiger partial charge is 0.354 e. The minimum absolute atomic E-state index is 0.339. The van der Waals surface area contributed by atoms with Crippen LogP contribution in [0.3, 0.4) is 0 Å². The number of nitrogens with one attached hydrogen (secondary N) is 1. The summed E-state index contributed by atoms with van der Waals surface area (Å²) in [4.78, 5) is 37.3. The number of thioether (sulfide) groups is 1. The predicted octanol–water partition coefficient (Wildman–Crippen LogP) is 2.61. The van der Waals surface area contributed by atoms with Gasteiger partial charge in [-0.15, -0.1) is 0 Å². The summed E-state index contributed by atoms with van der Waals surface area (Å²) >= 11 is 0.916. The molecule has 0 unspecified atom stereocenters. The van der Waals surface area contributed by atoms with Gasteiger partial charge in [0.2, 0.25) is 0 Å². The highest BCUT2D eigenvalue weighted by atomic mass is 32.2. The van der Waals surface area contributed by atoms with E-state index in [-0.39, 0.29) is 11.1 Å². The highest BCUT2D eigenvalue weighted by Crippen LogP contribution is 2.27. The van der Waals surface area contributed by atoms with Crippen molar-refractivity contribution < 1.29 is 9.59 Å². The van der Waals surface area contributed by atoms with Crippen LogP contribution in [0.5, 0.6) is 0 Å². The summed E-state index contributed by atoms with van der Waals surface area (Å²) in [6.07, 6.45) is 6.38. The lowest BCUT2D eigenvalue weighted by Gasteiger charge is -2.21. The van der Waals surface area contributed by atoms with Gasteiger partial charge in [0.05, 0.1) is 23.0 Å². The molecule has 3 heterocycles. The van der Waals surface area contributed by atoms with Gasteiger partial charge in [-0.1, -0.05) is 18.2 Å². The SMILES string of the molecule is CN1CCCN(c2cncc(-c3cccc(/C=C4\SC(=O)NC4=O)c3)n2)CC1. The smallest absolute Gasteiger partial charge is 0.290 e. The number of nitrogens with zero attached hydrogens (tertiary/aromatic N) is 4. The third-order valence-corrected chi connectivity index (χ3v) is 5.60. The normalized spacial score (nSPS) is 19.8. The molecule has 2 aromatic rings. The molecule has 0 radical (unpaired) electrons. The number of likely N-dealkylation sites (N-methyl/N-ethyl adjacent to an activating group) is 1. The second-order valence-electron chi connectivity index (χ2n) is 6.88. The zero-order valence-corrected chi connectivity index (χ0v) is 16.4. The second-order valence-corrected chi connectivity index (χ2v) is 7.90. The number of amides is 2. The Kier molecular flexibility index (Phi) is 5.40. The first-order valence-corrected chi connectivity index (χ1v) is 10.0. The maximum atomic E-state index is 11.8. The average molecular weight is 395 g/mol. The van der Waals surface area contributed by atoms with E-state index in [2.05, 4.69) is 27.1 Å². The summed E-state index contributed by atoms with van der Waals surface area (Å²) in [6.45, 7) is 4.00. The zero-order chi connectivity index (χ0) is 19.5. The molecule has 2 saturated heterocycles. The first-order valence-electron chi connectivity index (χ1n) is 9.19. The number of carbonyl (C=O) groups is 2. The quantitative estimate of drug-likeness (QED) is 0.801. The molecule has 7 nitrogen and oxygen atoms in total. The number of imide groups is 1. The Morgan fingerprint density at radius 3 is 2.86 bits per heavy atom. The van der Waals surface area contributed by atoms with Crippen LogP contribution in [0.25, 0.3) is 17.3 Å². The molecule has 1 N–H and O–H groups in total. The average Bonchev–Trinajstić information content (AvgIpc) is 2.88. The van der Waals surface area contributed by atoms with Crippen LogP contribution < -0.4 is 10.2 Å². The highest BCUT2D eigenvalue weighted by Gasteiger charge is 2.25. The topological polar surface area (TPSA) is 78.4 Å². The van der Waals surface area contributed by atoms with Crippen molar-refractivity contribution in [2.24, 2.45) is 0 Å². The van der Waals surface area contributed by atoms with Crippen LogP contribution in [0.2, 0.25) is 0 Å². The van der Waals surface area contributed by atoms with Crippen LogP contribution in [-0.4, -0.2) is 59.2 Å². The molecule has 1 aromatic carbocycles. The Labute approximate surface area is 167 Å². The summed E-state index contributed by atoms with van der Waals surface area (Å²) in [6, 6.07) is 7.73. The molecule has 0 saturated carbocycles. The Bertz CT molecular complexity index is 946. The molecule has 2 amide bonds. The van der Waals surface area contributed by atoms with Crippen LogP contribution in [0.4, 0.5) is 10.6 Å². The fourth-order valence-electron chi connectivity index (χ4n) is 3.28. The molecule has 4 rings (SSSR count). The number of benzene rings is 1. The fourth-order valence-corrected chi connectivity index (χ4v) is 3.97. The number of rotatable bonds is 3. The van der Waals surface area contributed by atoms with E-state index in [0.717, 1.165) is 67.0 Å². The molecule has 0 aliphatic carbocycles. The summed E-state index contributed by atoms with van der Waals surface area (Å²) in [5.41, 5.74) is 2.55. The number of hydrogen-bond donors (Lipinski definition) is 1. The Balaban J connectivity index is 1.59. The number of aromatic nitrogens is 2. The van der Waals surface area contributed by atoms with Crippen LogP contribution in [0, 0.1) is 0 Å². The maximum absolute atomic E-state index is 11.8. The van der Waals surface area contributed by atoms with Crippen molar-refractivity contribution >= 4 is 34.8 Å². The molecule has 1 aromatic heterocycles. The van der Waals surface area contributed by atoms with E-state index >= 15 is 0 Å². The lowest BCUT2D eigenvalue weighted by Crippen LogP contribution is -2.29. The molecule has 2 aliphatic heterocycles. The van der Waals surface area contributed by atoms with Crippen molar-refractivity contribution in [2.75, 3.05) is 38.1 Å². The predicted molar refractivity (Wildman–Crippen MR) is 111 cm³/mol. The molecule has 2 aliphatic rings. The third kappa shape index (κ3) is 4.23. The van der Waals surface area contributed by atoms with Gasteiger partial charge < -0.3 is 9.80 Å². The number of hydrogen-bond acceptors (Lipinski definition) is 7. The van der Waals surface area contributed by atoms with Gasteiger partial charge in [-0.2, -0.15) is 0 Å². The van der Waals surface area contributed by atoms with Crippen LogP contribution in [-0.2, 0) is 4.79 Å². The van der Waals surface area contributed by atoms with Gasteiger partial charge in [-0.3, -0.25) is 19.9 Å². The van der Waals surface area contributed by atoms with Gasteiger partial charge in [0.25, 0.3) is 11.1 Å². The van der Waals surface area contributed by atoms with Crippen molar-refractivity contribution in [1.82, 2.24) is 20.2 Å². The molecular formula is C20H21N5O2S. The van der Waals surface area contributed by atoms with Crippen LogP contribution >= 0.6 is 11.8 Å². The lowest BCUT2D eigenvalue weighted by molar-refractivity contribution is -0.115. The molecule has 28 heavy (non-hydrogen) atoms. The molecule has 8 heteroatoms. The highest BCUT2D eigenvalue weighted by molar-refractivity contribution is 8.18. The maximum Gasteiger partial charge on any atom is 0.290 e. The summed E-state index contributed by atoms with van der Waals surface area (Å²) in [5.74, 6) is 0.529. The summed E-state index contributed by atoms with van der Waals surface area (Å²) < 4.78 is 0. The number of anilines is 1. The molecule has 0 spiro atoms. The van der Waals surface area contributed by atoms with Crippen molar-refractivity contribution in [3.63, 3.8) is 0 Å². The zero-order valence-electron chi connectivity index (χ0n) is 15.6. The van der Waals surface area contributed by atoms with Crippen molar-refractivity contribution in [3.8, 4) is 11.3 Å². The van der Waals surface area contributed by atoms with Gasteiger partial charge in [0, 0.05) is 25.2 Å². The second kappa shape index (κ2) is 8.12. The van der Waals surface area contributed by atoms with E-state index in [1.165, 1.54) is 0 Å². The Morgan fingerprint density at radius 1 is 1.14 bits per heavy atom. The van der Waals surface area contributed by atoms with Gasteiger partial charge >= 0.3 is 0 Å². The lowest BCUT2D eigenvalue weighted by atomic mass is 10.1. The van der Waals surface area contributed by atoms with E-state index in [1.54, 1.807) is 12.3 Å². The molecule has 0 bridgehead atoms. The van der Waals surface area contributed by atoms with Gasteiger partial charge in [0.15, 0.2) is 0 Å². The summed E-state index contributed by atoms with van der Waals surface area (Å²) in [7, 11) is 2.14. The van der Waals surface area contributed by atoms with Gasteiger partial charge in [-0.05, 0) is 49.5 Å². The first kappa shape index (κ1) is 18.6. The van der Waals surface area contributed by atoms with Gasteiger partial charge in [0.1, 0.15) is 5.82 Å². The van der Waals surface area contributed by atoms with Crippen LogP contribution in [0.15, 0.2) is 41.6 Å². The fraction of sp³-hybridized carbons (Fsp3) is 0.300. The Morgan fingerprint density at radius 2 is 2.04 bits per heavy atom. The van der Waals surface area contributed by atoms with E-state index in [4.69, 9.17) is 4.98 Å². The summed E-state index contributed by atoms with van der Waals surface area (Å²) in [5, 5.41) is 1.93. The molecule has 0 atom stereocenters. The number of carbonyl (C=O) groups excluding carboxylic acids is 2. The van der Waals surface area contributed by atoms with Gasteiger partial charge in [-0.25, -0.2) is 4.98 Å². The van der Waals surface area contributed by atoms with E-state index in [0.29, 0.717) is 4.91 Å². The minimum atomic E-state index is -0.353. The van der Waals surface area contributed by atoms with E-state index in [1.807, 2.05) is 30.5 Å². The Hall–Kier alpha value is -2.71. The third-order valence-electron chi connectivity index (χ3n) is 4.79. The van der Waals surface area contributed by atoms with Crippen molar-refractivity contribution in [2.45, 2.75) is 6.42 Å². The molecule has 2 fully saturated rings. The minimum Gasteiger partial charge on any atom is -0.354 e. The molecule has 144 valence electrons. The van der Waals surface area contributed by atoms with Crippen molar-refractivity contribution in [1.29, 1.82) is 0 Å². The molecular weight excluding hydrogens is 374 g/mol. The standard InChI is InChI=1S/C20H21N5O2S/c1-24-6-3-7-25(9-8-24)18-13-21-12-16(22-18)15-5-2-4-14(10-15)11-17-19(26)23-20(27)28-17/h2,4-5,10-13H,3,6-9H2,1H3,(H,23,26,27)/b17-11-. The van der Waals surface area contributed by atoms with Crippen molar-refractivity contribution in [3.05, 3.63) is 47.1 Å².